The molecule has 1 aliphatic carbocycles. The van der Waals surface area contributed by atoms with Crippen LogP contribution < -0.4 is 10.1 Å². The van der Waals surface area contributed by atoms with Crippen molar-refractivity contribution in [3.63, 3.8) is 0 Å². The van der Waals surface area contributed by atoms with Gasteiger partial charge in [0.1, 0.15) is 5.75 Å². The van der Waals surface area contributed by atoms with E-state index in [9.17, 15) is 4.79 Å². The maximum absolute atomic E-state index is 14.3. The highest BCUT2D eigenvalue weighted by molar-refractivity contribution is 7.10. The average Bonchev–Trinajstić information content (AvgIpc) is 3.51. The minimum absolute atomic E-state index is 0.201. The smallest absolute Gasteiger partial charge is 0.490 e. The fourth-order valence-electron chi connectivity index (χ4n) is 5.76. The number of hydrogen-bond acceptors (Lipinski definition) is 7. The van der Waals surface area contributed by atoms with E-state index in [2.05, 4.69) is 11.9 Å². The largest absolute Gasteiger partial charge is 0.497 e. The van der Waals surface area contributed by atoms with Crippen LogP contribution in [0.15, 0.2) is 53.8 Å². The second kappa shape index (κ2) is 11.4. The molecule has 0 radical (unpaired) electrons. The average molecular weight is 540 g/mol. The third kappa shape index (κ3) is 5.40. The first kappa shape index (κ1) is 28.7. The Hall–Kier alpha value is -2.29. The van der Waals surface area contributed by atoms with Crippen LogP contribution in [-0.2, 0) is 24.4 Å². The highest BCUT2D eigenvalue weighted by Crippen LogP contribution is 2.51. The molecule has 0 unspecified atom stereocenters. The molecular weight excluding hydrogens is 497 g/mol. The van der Waals surface area contributed by atoms with Gasteiger partial charge in [-0.25, -0.2) is 4.79 Å². The number of nitrogens with one attached hydrogen (secondary N) is 1. The molecule has 0 spiro atoms. The van der Waals surface area contributed by atoms with Crippen LogP contribution in [0.4, 0.5) is 5.69 Å². The molecule has 8 heteroatoms. The van der Waals surface area contributed by atoms with Crippen LogP contribution in [-0.4, -0.2) is 38.0 Å². The molecule has 4 rings (SSSR count). The predicted octanol–water partition coefficient (Wildman–Crippen LogP) is 7.01. The highest BCUT2D eigenvalue weighted by atomic mass is 32.1. The van der Waals surface area contributed by atoms with Gasteiger partial charge >= 0.3 is 13.1 Å². The number of anilines is 1. The number of ether oxygens (including phenoxy) is 2. The van der Waals surface area contributed by atoms with Gasteiger partial charge in [-0.15, -0.1) is 17.9 Å². The molecule has 38 heavy (non-hydrogen) atoms. The zero-order valence-electron chi connectivity index (χ0n) is 23.7. The van der Waals surface area contributed by atoms with Crippen molar-refractivity contribution in [2.45, 2.75) is 83.5 Å². The SMILES string of the molecule is C=C(B1OC(C)(C)C(C)(C)O1)[C@H](C1CCCCC1)[C@@](Nc1ccc(OC)cc1)(C(=O)OCC)c1cccs1. The van der Waals surface area contributed by atoms with E-state index in [4.69, 9.17) is 18.8 Å². The minimum Gasteiger partial charge on any atom is -0.497 e. The van der Waals surface area contributed by atoms with Gasteiger partial charge in [0.2, 0.25) is 0 Å². The summed E-state index contributed by atoms with van der Waals surface area (Å²) in [6, 6.07) is 11.7. The maximum atomic E-state index is 14.3. The molecule has 0 bridgehead atoms. The van der Waals surface area contributed by atoms with Crippen molar-refractivity contribution in [2.75, 3.05) is 19.0 Å². The Bertz CT molecular complexity index is 1080. The normalized spacial score (nSPS) is 21.4. The van der Waals surface area contributed by atoms with Gasteiger partial charge in [0.15, 0.2) is 5.54 Å². The van der Waals surface area contributed by atoms with Crippen molar-refractivity contribution in [1.29, 1.82) is 0 Å². The Kier molecular flexibility index (Phi) is 8.65. The first-order chi connectivity index (χ1) is 18.1. The van der Waals surface area contributed by atoms with E-state index in [1.807, 2.05) is 76.4 Å². The number of thiophene rings is 1. The standard InChI is InChI=1S/C30H42BNO5S/c1-8-35-27(33)30(25-15-12-20-38-25,32-23-16-18-24(34-7)19-17-23)26(22-13-10-9-11-14-22)21(2)31-36-28(3,4)29(5,6)37-31/h12,15-20,22,26,32H,2,8-11,13-14H2,1,3-7H3/t26-,30-/m1/s1. The van der Waals surface area contributed by atoms with Gasteiger partial charge in [0, 0.05) is 16.5 Å². The first-order valence-corrected chi connectivity index (χ1v) is 14.6. The second-order valence-electron chi connectivity index (χ2n) is 11.4. The summed E-state index contributed by atoms with van der Waals surface area (Å²) in [4.78, 5) is 15.2. The van der Waals surface area contributed by atoms with Crippen molar-refractivity contribution < 1.29 is 23.6 Å². The van der Waals surface area contributed by atoms with E-state index in [1.165, 1.54) is 6.42 Å². The topological polar surface area (TPSA) is 66.0 Å². The molecule has 2 aliphatic rings. The van der Waals surface area contributed by atoms with Crippen LogP contribution in [0.5, 0.6) is 5.75 Å². The van der Waals surface area contributed by atoms with Gasteiger partial charge in [-0.2, -0.15) is 0 Å². The molecule has 6 nitrogen and oxygen atoms in total. The van der Waals surface area contributed by atoms with Crippen molar-refractivity contribution in [3.8, 4) is 5.75 Å². The Balaban J connectivity index is 1.88. The monoisotopic (exact) mass is 539 g/mol. The summed E-state index contributed by atoms with van der Waals surface area (Å²) in [5.41, 5.74) is -0.665. The number of methoxy groups -OCH3 is 1. The molecule has 1 aliphatic heterocycles. The lowest BCUT2D eigenvalue weighted by Gasteiger charge is -2.45. The van der Waals surface area contributed by atoms with Gasteiger partial charge in [0.25, 0.3) is 0 Å². The van der Waals surface area contributed by atoms with Crippen LogP contribution in [0.3, 0.4) is 0 Å². The Labute approximate surface area is 232 Å². The minimum atomic E-state index is -1.21. The molecule has 206 valence electrons. The van der Waals surface area contributed by atoms with E-state index >= 15 is 0 Å². The highest BCUT2D eigenvalue weighted by Gasteiger charge is 2.59. The number of hydrogen-bond donors (Lipinski definition) is 1. The van der Waals surface area contributed by atoms with E-state index in [1.54, 1.807) is 18.4 Å². The first-order valence-electron chi connectivity index (χ1n) is 13.7. The van der Waals surface area contributed by atoms with Crippen LogP contribution in [0.2, 0.25) is 0 Å². The fraction of sp³-hybridized carbons (Fsp3) is 0.567. The number of rotatable bonds is 10. The van der Waals surface area contributed by atoms with Gasteiger partial charge in [-0.3, -0.25) is 0 Å². The Morgan fingerprint density at radius 2 is 1.76 bits per heavy atom. The summed E-state index contributed by atoms with van der Waals surface area (Å²) in [6.45, 7) is 14.9. The summed E-state index contributed by atoms with van der Waals surface area (Å²) in [6.07, 6.45) is 5.43. The third-order valence-corrected chi connectivity index (χ3v) is 9.49. The van der Waals surface area contributed by atoms with E-state index in [0.29, 0.717) is 0 Å². The number of benzene rings is 1. The fourth-order valence-corrected chi connectivity index (χ4v) is 6.67. The van der Waals surface area contributed by atoms with Crippen LogP contribution in [0.25, 0.3) is 0 Å². The molecule has 2 aromatic rings. The van der Waals surface area contributed by atoms with Gasteiger partial charge in [0.05, 0.1) is 24.9 Å². The maximum Gasteiger partial charge on any atom is 0.490 e. The van der Waals surface area contributed by atoms with Gasteiger partial charge < -0.3 is 24.1 Å². The number of esters is 1. The quantitative estimate of drug-likeness (QED) is 0.259. The van der Waals surface area contributed by atoms with Crippen LogP contribution in [0.1, 0.15) is 71.6 Å². The molecule has 1 saturated carbocycles. The molecule has 2 fully saturated rings. The second-order valence-corrected chi connectivity index (χ2v) is 12.3. The molecule has 0 amide bonds. The summed E-state index contributed by atoms with van der Waals surface area (Å²) in [5.74, 6) is 0.315. The zero-order chi connectivity index (χ0) is 27.6. The van der Waals surface area contributed by atoms with Crippen LogP contribution >= 0.6 is 11.3 Å². The summed E-state index contributed by atoms with van der Waals surface area (Å²) >= 11 is 1.55. The van der Waals surface area contributed by atoms with Crippen molar-refractivity contribution >= 4 is 30.1 Å². The van der Waals surface area contributed by atoms with E-state index in [-0.39, 0.29) is 24.4 Å². The van der Waals surface area contributed by atoms with Crippen LogP contribution in [0, 0.1) is 11.8 Å². The Morgan fingerprint density at radius 3 is 2.29 bits per heavy atom. The van der Waals surface area contributed by atoms with Gasteiger partial charge in [-0.05, 0) is 94.6 Å². The summed E-state index contributed by atoms with van der Waals surface area (Å²) in [7, 11) is 1.00. The van der Waals surface area contributed by atoms with Crippen molar-refractivity contribution in [2.24, 2.45) is 11.8 Å². The molecule has 2 heterocycles. The molecule has 1 N–H and O–H groups in total. The Morgan fingerprint density at radius 1 is 1.13 bits per heavy atom. The van der Waals surface area contributed by atoms with E-state index < -0.39 is 23.9 Å². The summed E-state index contributed by atoms with van der Waals surface area (Å²) < 4.78 is 24.3. The van der Waals surface area contributed by atoms with Crippen molar-refractivity contribution in [1.82, 2.24) is 0 Å². The molecule has 1 saturated heterocycles. The number of carbonyl (C=O) groups is 1. The molecule has 2 atom stereocenters. The van der Waals surface area contributed by atoms with E-state index in [0.717, 1.165) is 47.5 Å². The third-order valence-electron chi connectivity index (χ3n) is 8.48. The molecule has 1 aromatic heterocycles. The van der Waals surface area contributed by atoms with Gasteiger partial charge in [-0.1, -0.05) is 25.3 Å². The lowest BCUT2D eigenvalue weighted by molar-refractivity contribution is -0.151. The number of carbonyl (C=O) groups excluding carboxylic acids is 1. The lowest BCUT2D eigenvalue weighted by atomic mass is 9.58. The molecular formula is C30H42BNO5S. The molecule has 1 aromatic carbocycles. The lowest BCUT2D eigenvalue weighted by Crippen LogP contribution is -2.55. The predicted molar refractivity (Wildman–Crippen MR) is 155 cm³/mol. The summed E-state index contributed by atoms with van der Waals surface area (Å²) in [5, 5.41) is 5.69. The van der Waals surface area contributed by atoms with Crippen molar-refractivity contribution in [3.05, 3.63) is 58.7 Å². The zero-order valence-corrected chi connectivity index (χ0v) is 24.5.